The molecular formula is C16H20N2O. The Hall–Kier alpha value is -2.03. The Kier molecular flexibility index (Phi) is 4.78. The van der Waals surface area contributed by atoms with Gasteiger partial charge in [0.25, 0.3) is 0 Å². The van der Waals surface area contributed by atoms with Gasteiger partial charge in [-0.15, -0.1) is 0 Å². The fourth-order valence-electron chi connectivity index (χ4n) is 2.04. The number of benzene rings is 1. The number of hydrogen-bond donors (Lipinski definition) is 1. The summed E-state index contributed by atoms with van der Waals surface area (Å²) in [5.74, 6) is 0.666. The Morgan fingerprint density at radius 3 is 2.58 bits per heavy atom. The third-order valence-electron chi connectivity index (χ3n) is 3.02. The number of nitrogens with one attached hydrogen (secondary N) is 1. The molecule has 0 saturated carbocycles. The van der Waals surface area contributed by atoms with Crippen molar-refractivity contribution in [3.8, 4) is 5.88 Å². The van der Waals surface area contributed by atoms with Gasteiger partial charge in [-0.25, -0.2) is 4.98 Å². The average Bonchev–Trinajstić information content (AvgIpc) is 2.47. The van der Waals surface area contributed by atoms with E-state index in [2.05, 4.69) is 41.5 Å². The van der Waals surface area contributed by atoms with Gasteiger partial charge in [-0.3, -0.25) is 0 Å². The molecule has 1 N–H and O–H groups in total. The van der Waals surface area contributed by atoms with Crippen LogP contribution < -0.4 is 10.1 Å². The Morgan fingerprint density at radius 1 is 1.05 bits per heavy atom. The molecule has 0 aliphatic heterocycles. The van der Waals surface area contributed by atoms with Crippen molar-refractivity contribution >= 4 is 5.69 Å². The number of pyridine rings is 1. The summed E-state index contributed by atoms with van der Waals surface area (Å²) in [4.78, 5) is 4.24. The fraction of sp³-hybridized carbons (Fsp3) is 0.312. The summed E-state index contributed by atoms with van der Waals surface area (Å²) in [5, 5.41) is 3.40. The van der Waals surface area contributed by atoms with E-state index >= 15 is 0 Å². The maximum absolute atomic E-state index is 5.51. The predicted octanol–water partition coefficient (Wildman–Crippen LogP) is 3.65. The molecule has 19 heavy (non-hydrogen) atoms. The molecule has 3 heteroatoms. The number of aromatic nitrogens is 1. The van der Waals surface area contributed by atoms with Gasteiger partial charge in [0.2, 0.25) is 5.88 Å². The lowest BCUT2D eigenvalue weighted by Crippen LogP contribution is -2.05. The van der Waals surface area contributed by atoms with Gasteiger partial charge in [0.1, 0.15) is 0 Å². The minimum Gasteiger partial charge on any atom is -0.476 e. The van der Waals surface area contributed by atoms with Gasteiger partial charge in [0.15, 0.2) is 0 Å². The summed E-state index contributed by atoms with van der Waals surface area (Å²) in [6.07, 6.45) is 2.79. The van der Waals surface area contributed by atoms with Gasteiger partial charge in [0.05, 0.1) is 12.3 Å². The molecule has 1 heterocycles. The molecule has 0 atom stereocenters. The summed E-state index contributed by atoms with van der Waals surface area (Å²) in [6, 6.07) is 12.4. The maximum atomic E-state index is 5.51. The van der Waals surface area contributed by atoms with Gasteiger partial charge in [-0.1, -0.05) is 31.2 Å². The lowest BCUT2D eigenvalue weighted by Gasteiger charge is -2.13. The Bertz CT molecular complexity index is 526. The maximum Gasteiger partial charge on any atom is 0.237 e. The van der Waals surface area contributed by atoms with Crippen LogP contribution in [0.2, 0.25) is 0 Å². The van der Waals surface area contributed by atoms with E-state index < -0.39 is 0 Å². The van der Waals surface area contributed by atoms with Crippen LogP contribution in [0.5, 0.6) is 5.88 Å². The summed E-state index contributed by atoms with van der Waals surface area (Å²) in [6.45, 7) is 5.55. The molecule has 0 aliphatic carbocycles. The molecule has 0 bridgehead atoms. The van der Waals surface area contributed by atoms with E-state index in [1.54, 1.807) is 6.20 Å². The van der Waals surface area contributed by atoms with E-state index in [-0.39, 0.29) is 0 Å². The van der Waals surface area contributed by atoms with Crippen LogP contribution in [0, 0.1) is 0 Å². The summed E-state index contributed by atoms with van der Waals surface area (Å²) in [7, 11) is 0. The van der Waals surface area contributed by atoms with Crippen molar-refractivity contribution in [1.82, 2.24) is 4.98 Å². The van der Waals surface area contributed by atoms with Crippen molar-refractivity contribution in [3.63, 3.8) is 0 Å². The summed E-state index contributed by atoms with van der Waals surface area (Å²) < 4.78 is 5.51. The van der Waals surface area contributed by atoms with Crippen molar-refractivity contribution in [2.24, 2.45) is 0 Å². The van der Waals surface area contributed by atoms with Crippen molar-refractivity contribution in [3.05, 3.63) is 53.7 Å². The lowest BCUT2D eigenvalue weighted by molar-refractivity contribution is 0.328. The van der Waals surface area contributed by atoms with Crippen molar-refractivity contribution in [1.29, 1.82) is 0 Å². The highest BCUT2D eigenvalue weighted by molar-refractivity contribution is 5.52. The third-order valence-corrected chi connectivity index (χ3v) is 3.02. The molecule has 0 amide bonds. The van der Waals surface area contributed by atoms with Gasteiger partial charge < -0.3 is 10.1 Å². The normalized spacial score (nSPS) is 10.2. The molecule has 0 radical (unpaired) electrons. The Morgan fingerprint density at radius 2 is 1.84 bits per heavy atom. The highest BCUT2D eigenvalue weighted by atomic mass is 16.5. The number of rotatable bonds is 6. The first-order valence-electron chi connectivity index (χ1n) is 6.73. The van der Waals surface area contributed by atoms with Gasteiger partial charge in [0, 0.05) is 12.7 Å². The number of nitrogens with zero attached hydrogens (tertiary/aromatic N) is 1. The SMILES string of the molecule is CCOc1ncccc1NCc1ccccc1CC. The summed E-state index contributed by atoms with van der Waals surface area (Å²) >= 11 is 0. The molecule has 0 saturated heterocycles. The smallest absolute Gasteiger partial charge is 0.237 e. The zero-order valence-corrected chi connectivity index (χ0v) is 11.5. The Balaban J connectivity index is 2.10. The van der Waals surface area contributed by atoms with Crippen molar-refractivity contribution in [2.75, 3.05) is 11.9 Å². The van der Waals surface area contributed by atoms with Crippen molar-refractivity contribution < 1.29 is 4.74 Å². The van der Waals surface area contributed by atoms with E-state index in [9.17, 15) is 0 Å². The lowest BCUT2D eigenvalue weighted by atomic mass is 10.1. The van der Waals surface area contributed by atoms with E-state index in [1.165, 1.54) is 11.1 Å². The van der Waals surface area contributed by atoms with Crippen LogP contribution in [0.25, 0.3) is 0 Å². The molecule has 3 nitrogen and oxygen atoms in total. The predicted molar refractivity (Wildman–Crippen MR) is 78.6 cm³/mol. The number of aryl methyl sites for hydroxylation is 1. The molecule has 0 aliphatic rings. The van der Waals surface area contributed by atoms with E-state index in [0.717, 1.165) is 18.7 Å². The molecule has 1 aromatic heterocycles. The third kappa shape index (κ3) is 3.47. The molecule has 0 spiro atoms. The van der Waals surface area contributed by atoms with Crippen LogP contribution in [0.3, 0.4) is 0 Å². The summed E-state index contributed by atoms with van der Waals surface area (Å²) in [5.41, 5.74) is 3.63. The van der Waals surface area contributed by atoms with E-state index in [4.69, 9.17) is 4.74 Å². The molecule has 0 fully saturated rings. The van der Waals surface area contributed by atoms with Crippen LogP contribution in [0.1, 0.15) is 25.0 Å². The fourth-order valence-corrected chi connectivity index (χ4v) is 2.04. The first kappa shape index (κ1) is 13.4. The van der Waals surface area contributed by atoms with Gasteiger partial charge >= 0.3 is 0 Å². The molecule has 1 aromatic carbocycles. The highest BCUT2D eigenvalue weighted by Gasteiger charge is 2.05. The molecule has 2 rings (SSSR count). The van der Waals surface area contributed by atoms with Crippen molar-refractivity contribution in [2.45, 2.75) is 26.8 Å². The number of anilines is 1. The molecule has 2 aromatic rings. The van der Waals surface area contributed by atoms with Crippen LogP contribution in [0.15, 0.2) is 42.6 Å². The number of hydrogen-bond acceptors (Lipinski definition) is 3. The molecule has 0 unspecified atom stereocenters. The highest BCUT2D eigenvalue weighted by Crippen LogP contribution is 2.21. The second-order valence-electron chi connectivity index (χ2n) is 4.26. The number of ether oxygens (including phenoxy) is 1. The van der Waals surface area contributed by atoms with E-state index in [1.807, 2.05) is 19.1 Å². The van der Waals surface area contributed by atoms with Crippen LogP contribution in [0.4, 0.5) is 5.69 Å². The van der Waals surface area contributed by atoms with E-state index in [0.29, 0.717) is 12.5 Å². The minimum atomic E-state index is 0.622. The minimum absolute atomic E-state index is 0.622. The Labute approximate surface area is 114 Å². The first-order chi connectivity index (χ1) is 9.35. The molecular weight excluding hydrogens is 236 g/mol. The topological polar surface area (TPSA) is 34.1 Å². The first-order valence-corrected chi connectivity index (χ1v) is 6.73. The van der Waals surface area contributed by atoms with Crippen LogP contribution >= 0.6 is 0 Å². The average molecular weight is 256 g/mol. The zero-order valence-electron chi connectivity index (χ0n) is 11.5. The monoisotopic (exact) mass is 256 g/mol. The largest absolute Gasteiger partial charge is 0.476 e. The zero-order chi connectivity index (χ0) is 13.5. The molecule has 100 valence electrons. The second-order valence-corrected chi connectivity index (χ2v) is 4.26. The van der Waals surface area contributed by atoms with Gasteiger partial charge in [-0.2, -0.15) is 0 Å². The van der Waals surface area contributed by atoms with Crippen LogP contribution in [-0.4, -0.2) is 11.6 Å². The van der Waals surface area contributed by atoms with Gasteiger partial charge in [-0.05, 0) is 36.6 Å². The second kappa shape index (κ2) is 6.78. The quantitative estimate of drug-likeness (QED) is 0.856. The van der Waals surface area contributed by atoms with Crippen LogP contribution in [-0.2, 0) is 13.0 Å². The standard InChI is InChI=1S/C16H20N2O/c1-3-13-8-5-6-9-14(13)12-18-15-10-7-11-17-16(15)19-4-2/h5-11,18H,3-4,12H2,1-2H3.